The minimum absolute atomic E-state index is 0.0154. The van der Waals surface area contributed by atoms with Gasteiger partial charge in [0.1, 0.15) is 6.61 Å². The standard InChI is InChI=1S/C14H17F2NO3S/c15-13(16)9-20-6-4-14(19)17-8-12-7-11(10-21-12)3-1-2-5-18/h7,10,13,18H,2,4-6,8-9H2,(H,17,19). The highest BCUT2D eigenvalue weighted by Gasteiger charge is 2.05. The number of ether oxygens (including phenoxy) is 1. The van der Waals surface area contributed by atoms with Crippen molar-refractivity contribution in [1.82, 2.24) is 5.32 Å². The fourth-order valence-corrected chi connectivity index (χ4v) is 2.13. The minimum Gasteiger partial charge on any atom is -0.395 e. The third kappa shape index (κ3) is 8.40. The van der Waals surface area contributed by atoms with E-state index in [1.165, 1.54) is 11.3 Å². The zero-order valence-electron chi connectivity index (χ0n) is 11.4. The SMILES string of the molecule is O=C(CCOCC(F)F)NCc1cc(C#CCCO)cs1. The van der Waals surface area contributed by atoms with Gasteiger partial charge >= 0.3 is 0 Å². The first-order valence-corrected chi connectivity index (χ1v) is 7.29. The van der Waals surface area contributed by atoms with E-state index < -0.39 is 13.0 Å². The van der Waals surface area contributed by atoms with Gasteiger partial charge in [-0.25, -0.2) is 8.78 Å². The molecule has 1 rings (SSSR count). The van der Waals surface area contributed by atoms with E-state index in [1.807, 2.05) is 11.4 Å². The Morgan fingerprint density at radius 2 is 2.33 bits per heavy atom. The van der Waals surface area contributed by atoms with E-state index in [9.17, 15) is 13.6 Å². The zero-order valence-corrected chi connectivity index (χ0v) is 12.2. The van der Waals surface area contributed by atoms with Crippen molar-refractivity contribution in [2.75, 3.05) is 19.8 Å². The number of carbonyl (C=O) groups is 1. The smallest absolute Gasteiger partial charge is 0.261 e. The van der Waals surface area contributed by atoms with Crippen molar-refractivity contribution >= 4 is 17.2 Å². The number of amides is 1. The van der Waals surface area contributed by atoms with Crippen LogP contribution >= 0.6 is 11.3 Å². The van der Waals surface area contributed by atoms with Gasteiger partial charge in [-0.2, -0.15) is 0 Å². The second-order valence-corrected chi connectivity index (χ2v) is 5.07. The third-order valence-electron chi connectivity index (χ3n) is 2.30. The summed E-state index contributed by atoms with van der Waals surface area (Å²) in [6, 6.07) is 1.86. The van der Waals surface area contributed by atoms with Crippen molar-refractivity contribution < 1.29 is 23.4 Å². The summed E-state index contributed by atoms with van der Waals surface area (Å²) in [5.74, 6) is 5.47. The lowest BCUT2D eigenvalue weighted by atomic mass is 10.3. The van der Waals surface area contributed by atoms with Gasteiger partial charge < -0.3 is 15.2 Å². The number of aliphatic hydroxyl groups is 1. The molecule has 1 amide bonds. The first-order chi connectivity index (χ1) is 10.1. The summed E-state index contributed by atoms with van der Waals surface area (Å²) in [5.41, 5.74) is 0.845. The topological polar surface area (TPSA) is 58.6 Å². The van der Waals surface area contributed by atoms with Gasteiger partial charge in [0.25, 0.3) is 6.43 Å². The van der Waals surface area contributed by atoms with Crippen molar-refractivity contribution in [2.24, 2.45) is 0 Å². The van der Waals surface area contributed by atoms with Crippen molar-refractivity contribution in [1.29, 1.82) is 0 Å². The molecule has 0 aliphatic rings. The van der Waals surface area contributed by atoms with Crippen molar-refractivity contribution in [3.8, 4) is 11.8 Å². The van der Waals surface area contributed by atoms with Crippen LogP contribution in [-0.4, -0.2) is 37.3 Å². The molecule has 0 saturated heterocycles. The second-order valence-electron chi connectivity index (χ2n) is 4.07. The Hall–Kier alpha value is -1.49. The largest absolute Gasteiger partial charge is 0.395 e. The average molecular weight is 317 g/mol. The van der Waals surface area contributed by atoms with Crippen LogP contribution in [0.15, 0.2) is 11.4 Å². The van der Waals surface area contributed by atoms with Crippen molar-refractivity contribution in [2.45, 2.75) is 25.8 Å². The normalized spacial score (nSPS) is 10.3. The lowest BCUT2D eigenvalue weighted by Crippen LogP contribution is -2.23. The summed E-state index contributed by atoms with van der Waals surface area (Å²) in [7, 11) is 0. The Kier molecular flexibility index (Phi) is 8.59. The molecule has 0 bridgehead atoms. The summed E-state index contributed by atoms with van der Waals surface area (Å²) in [6.07, 6.45) is -2.02. The van der Waals surface area contributed by atoms with Crippen LogP contribution in [0.4, 0.5) is 8.78 Å². The highest BCUT2D eigenvalue weighted by molar-refractivity contribution is 7.10. The van der Waals surface area contributed by atoms with E-state index >= 15 is 0 Å². The Morgan fingerprint density at radius 3 is 3.05 bits per heavy atom. The summed E-state index contributed by atoms with van der Waals surface area (Å²) in [4.78, 5) is 12.4. The number of thiophene rings is 1. The van der Waals surface area contributed by atoms with Crippen LogP contribution in [0.2, 0.25) is 0 Å². The van der Waals surface area contributed by atoms with Crippen molar-refractivity contribution in [3.05, 3.63) is 21.9 Å². The second kappa shape index (κ2) is 10.3. The monoisotopic (exact) mass is 317 g/mol. The number of nitrogens with one attached hydrogen (secondary N) is 1. The van der Waals surface area contributed by atoms with Crippen LogP contribution in [-0.2, 0) is 16.1 Å². The number of halogens is 2. The van der Waals surface area contributed by atoms with Gasteiger partial charge in [-0.15, -0.1) is 11.3 Å². The average Bonchev–Trinajstić information content (AvgIpc) is 2.89. The zero-order chi connectivity index (χ0) is 15.5. The Morgan fingerprint density at radius 1 is 1.52 bits per heavy atom. The maximum absolute atomic E-state index is 11.8. The summed E-state index contributed by atoms with van der Waals surface area (Å²) < 4.78 is 28.2. The summed E-state index contributed by atoms with van der Waals surface area (Å²) in [6.45, 7) is -0.250. The van der Waals surface area contributed by atoms with Gasteiger partial charge in [-0.3, -0.25) is 4.79 Å². The molecule has 0 aliphatic carbocycles. The number of carbonyl (C=O) groups excluding carboxylic acids is 1. The molecule has 1 aromatic rings. The number of rotatable bonds is 8. The van der Waals surface area contributed by atoms with Gasteiger partial charge in [-0.05, 0) is 6.07 Å². The molecule has 0 fully saturated rings. The number of alkyl halides is 2. The predicted molar refractivity (Wildman–Crippen MR) is 76.2 cm³/mol. The molecule has 1 aromatic heterocycles. The fraction of sp³-hybridized carbons (Fsp3) is 0.500. The molecule has 4 nitrogen and oxygen atoms in total. The molecule has 0 atom stereocenters. The molecule has 2 N–H and O–H groups in total. The number of hydrogen-bond donors (Lipinski definition) is 2. The molecule has 21 heavy (non-hydrogen) atoms. The van der Waals surface area contributed by atoms with E-state index in [0.29, 0.717) is 13.0 Å². The lowest BCUT2D eigenvalue weighted by molar-refractivity contribution is -0.122. The molecule has 0 radical (unpaired) electrons. The van der Waals surface area contributed by atoms with Crippen LogP contribution in [0.3, 0.4) is 0 Å². The van der Waals surface area contributed by atoms with E-state index in [1.54, 1.807) is 0 Å². The molecule has 116 valence electrons. The van der Waals surface area contributed by atoms with Crippen LogP contribution in [0.1, 0.15) is 23.3 Å². The quantitative estimate of drug-likeness (QED) is 0.567. The maximum atomic E-state index is 11.8. The highest BCUT2D eigenvalue weighted by atomic mass is 32.1. The number of hydrogen-bond acceptors (Lipinski definition) is 4. The minimum atomic E-state index is -2.51. The molecular weight excluding hydrogens is 300 g/mol. The Labute approximate surface area is 126 Å². The van der Waals surface area contributed by atoms with Crippen LogP contribution in [0, 0.1) is 11.8 Å². The summed E-state index contributed by atoms with van der Waals surface area (Å²) >= 11 is 1.47. The molecule has 7 heteroatoms. The summed E-state index contributed by atoms with van der Waals surface area (Å²) in [5, 5.41) is 13.2. The predicted octanol–water partition coefficient (Wildman–Crippen LogP) is 1.77. The Bertz CT molecular complexity index is 494. The van der Waals surface area contributed by atoms with E-state index in [4.69, 9.17) is 5.11 Å². The van der Waals surface area contributed by atoms with Crippen LogP contribution < -0.4 is 5.32 Å². The molecular formula is C14H17F2NO3S. The third-order valence-corrected chi connectivity index (χ3v) is 3.24. The van der Waals surface area contributed by atoms with Crippen LogP contribution in [0.25, 0.3) is 0 Å². The fourth-order valence-electron chi connectivity index (χ4n) is 1.37. The highest BCUT2D eigenvalue weighted by Crippen LogP contribution is 2.13. The first-order valence-electron chi connectivity index (χ1n) is 6.41. The van der Waals surface area contributed by atoms with Gasteiger partial charge in [-0.1, -0.05) is 11.8 Å². The first kappa shape index (κ1) is 17.6. The molecule has 1 heterocycles. The van der Waals surface area contributed by atoms with E-state index in [2.05, 4.69) is 21.9 Å². The maximum Gasteiger partial charge on any atom is 0.261 e. The molecule has 0 unspecified atom stereocenters. The van der Waals surface area contributed by atoms with E-state index in [-0.39, 0.29) is 25.5 Å². The molecule has 0 aromatic carbocycles. The molecule has 0 saturated carbocycles. The Balaban J connectivity index is 2.23. The van der Waals surface area contributed by atoms with Gasteiger partial charge in [0.15, 0.2) is 0 Å². The van der Waals surface area contributed by atoms with Gasteiger partial charge in [0.2, 0.25) is 5.91 Å². The lowest BCUT2D eigenvalue weighted by Gasteiger charge is -2.04. The molecule has 0 spiro atoms. The van der Waals surface area contributed by atoms with Gasteiger partial charge in [0.05, 0.1) is 19.8 Å². The molecule has 0 aliphatic heterocycles. The van der Waals surface area contributed by atoms with Crippen LogP contribution in [0.5, 0.6) is 0 Å². The van der Waals surface area contributed by atoms with Crippen molar-refractivity contribution in [3.63, 3.8) is 0 Å². The van der Waals surface area contributed by atoms with Gasteiger partial charge in [0, 0.05) is 28.7 Å². The number of aliphatic hydroxyl groups excluding tert-OH is 1. The van der Waals surface area contributed by atoms with E-state index in [0.717, 1.165) is 10.4 Å².